The van der Waals surface area contributed by atoms with E-state index in [1.54, 1.807) is 11.3 Å². The standard InChI is InChI=1S/C17H15NOS/c18-12-17-16(10-11-20-17)13-6-8-15(9-7-13)19-14-4-2-1-3-5-14/h1-11H,12,18H2. The zero-order chi connectivity index (χ0) is 13.8. The summed E-state index contributed by atoms with van der Waals surface area (Å²) in [6, 6.07) is 20.0. The molecule has 0 bridgehead atoms. The van der Waals surface area contributed by atoms with Crippen molar-refractivity contribution in [1.82, 2.24) is 0 Å². The molecular formula is C17H15NOS. The van der Waals surface area contributed by atoms with Crippen molar-refractivity contribution in [2.45, 2.75) is 6.54 Å². The highest BCUT2D eigenvalue weighted by atomic mass is 32.1. The Hall–Kier alpha value is -2.10. The summed E-state index contributed by atoms with van der Waals surface area (Å²) in [5, 5.41) is 2.08. The Bertz CT molecular complexity index is 674. The molecule has 0 aliphatic heterocycles. The number of thiophene rings is 1. The Labute approximate surface area is 122 Å². The molecule has 0 radical (unpaired) electrons. The molecule has 0 unspecified atom stereocenters. The summed E-state index contributed by atoms with van der Waals surface area (Å²) in [7, 11) is 0. The third-order valence-corrected chi connectivity index (χ3v) is 4.02. The second kappa shape index (κ2) is 5.90. The Kier molecular flexibility index (Phi) is 3.81. The van der Waals surface area contributed by atoms with Crippen LogP contribution in [0.2, 0.25) is 0 Å². The van der Waals surface area contributed by atoms with Crippen LogP contribution in [0.5, 0.6) is 11.5 Å². The van der Waals surface area contributed by atoms with Gasteiger partial charge < -0.3 is 10.5 Å². The second-order valence-electron chi connectivity index (χ2n) is 4.40. The summed E-state index contributed by atoms with van der Waals surface area (Å²) < 4.78 is 5.79. The predicted octanol–water partition coefficient (Wildman–Crippen LogP) is 4.67. The molecule has 2 aromatic carbocycles. The number of ether oxygens (including phenoxy) is 1. The molecule has 1 aromatic heterocycles. The summed E-state index contributed by atoms with van der Waals surface area (Å²) >= 11 is 1.69. The summed E-state index contributed by atoms with van der Waals surface area (Å²) in [5.74, 6) is 1.68. The van der Waals surface area contributed by atoms with Crippen LogP contribution in [-0.2, 0) is 6.54 Å². The zero-order valence-corrected chi connectivity index (χ0v) is 11.8. The zero-order valence-electron chi connectivity index (χ0n) is 11.0. The van der Waals surface area contributed by atoms with Crippen molar-refractivity contribution < 1.29 is 4.74 Å². The summed E-state index contributed by atoms with van der Waals surface area (Å²) in [6.45, 7) is 0.579. The smallest absolute Gasteiger partial charge is 0.127 e. The van der Waals surface area contributed by atoms with E-state index < -0.39 is 0 Å². The van der Waals surface area contributed by atoms with Crippen LogP contribution in [0.1, 0.15) is 4.88 Å². The van der Waals surface area contributed by atoms with Gasteiger partial charge in [-0.25, -0.2) is 0 Å². The third-order valence-electron chi connectivity index (χ3n) is 3.08. The summed E-state index contributed by atoms with van der Waals surface area (Å²) in [4.78, 5) is 1.21. The molecule has 0 saturated carbocycles. The lowest BCUT2D eigenvalue weighted by Crippen LogP contribution is -1.94. The molecule has 2 N–H and O–H groups in total. The first-order valence-corrected chi connectivity index (χ1v) is 7.34. The van der Waals surface area contributed by atoms with Gasteiger partial charge in [-0.05, 0) is 46.8 Å². The first-order valence-electron chi connectivity index (χ1n) is 6.46. The molecule has 3 rings (SSSR count). The van der Waals surface area contributed by atoms with E-state index in [0.717, 1.165) is 11.5 Å². The van der Waals surface area contributed by atoms with Gasteiger partial charge in [0.1, 0.15) is 11.5 Å². The van der Waals surface area contributed by atoms with Gasteiger partial charge in [0.25, 0.3) is 0 Å². The number of para-hydroxylation sites is 1. The van der Waals surface area contributed by atoms with E-state index >= 15 is 0 Å². The Morgan fingerprint density at radius 3 is 2.25 bits per heavy atom. The monoisotopic (exact) mass is 281 g/mol. The maximum absolute atomic E-state index is 5.79. The molecule has 20 heavy (non-hydrogen) atoms. The second-order valence-corrected chi connectivity index (χ2v) is 5.40. The van der Waals surface area contributed by atoms with Crippen molar-refractivity contribution in [2.75, 3.05) is 0 Å². The van der Waals surface area contributed by atoms with Crippen molar-refractivity contribution in [3.8, 4) is 22.6 Å². The maximum Gasteiger partial charge on any atom is 0.127 e. The lowest BCUT2D eigenvalue weighted by Gasteiger charge is -2.07. The van der Waals surface area contributed by atoms with Gasteiger partial charge >= 0.3 is 0 Å². The fourth-order valence-corrected chi connectivity index (χ4v) is 2.86. The van der Waals surface area contributed by atoms with Gasteiger partial charge in [0.15, 0.2) is 0 Å². The molecule has 0 aliphatic carbocycles. The molecule has 0 spiro atoms. The van der Waals surface area contributed by atoms with Gasteiger partial charge in [-0.15, -0.1) is 11.3 Å². The Morgan fingerprint density at radius 1 is 0.850 bits per heavy atom. The number of rotatable bonds is 4. The molecule has 0 amide bonds. The molecule has 0 saturated heterocycles. The third kappa shape index (κ3) is 2.74. The van der Waals surface area contributed by atoms with Crippen LogP contribution in [0.3, 0.4) is 0 Å². The van der Waals surface area contributed by atoms with Crippen LogP contribution in [0.25, 0.3) is 11.1 Å². The highest BCUT2D eigenvalue weighted by Crippen LogP contribution is 2.30. The molecule has 1 heterocycles. The lowest BCUT2D eigenvalue weighted by atomic mass is 10.1. The first kappa shape index (κ1) is 12.9. The fraction of sp³-hybridized carbons (Fsp3) is 0.0588. The average Bonchev–Trinajstić information content (AvgIpc) is 2.98. The molecular weight excluding hydrogens is 266 g/mol. The van der Waals surface area contributed by atoms with Crippen molar-refractivity contribution in [2.24, 2.45) is 5.73 Å². The molecule has 0 atom stereocenters. The molecule has 0 fully saturated rings. The lowest BCUT2D eigenvalue weighted by molar-refractivity contribution is 0.483. The minimum absolute atomic E-state index is 0.579. The number of hydrogen-bond donors (Lipinski definition) is 1. The molecule has 3 aromatic rings. The van der Waals surface area contributed by atoms with Crippen LogP contribution in [0.4, 0.5) is 0 Å². The quantitative estimate of drug-likeness (QED) is 0.754. The van der Waals surface area contributed by atoms with Gasteiger partial charge in [0, 0.05) is 11.4 Å². The van der Waals surface area contributed by atoms with Crippen molar-refractivity contribution in [1.29, 1.82) is 0 Å². The predicted molar refractivity (Wildman–Crippen MR) is 84.2 cm³/mol. The average molecular weight is 281 g/mol. The van der Waals surface area contributed by atoms with Crippen LogP contribution < -0.4 is 10.5 Å². The summed E-state index contributed by atoms with van der Waals surface area (Å²) in [6.07, 6.45) is 0. The minimum atomic E-state index is 0.579. The van der Waals surface area contributed by atoms with E-state index in [4.69, 9.17) is 10.5 Å². The van der Waals surface area contributed by atoms with E-state index in [0.29, 0.717) is 6.54 Å². The Morgan fingerprint density at radius 2 is 1.55 bits per heavy atom. The van der Waals surface area contributed by atoms with Crippen LogP contribution in [0, 0.1) is 0 Å². The SMILES string of the molecule is NCc1sccc1-c1ccc(Oc2ccccc2)cc1. The van der Waals surface area contributed by atoms with Gasteiger partial charge in [-0.3, -0.25) is 0 Å². The van der Waals surface area contributed by atoms with E-state index in [-0.39, 0.29) is 0 Å². The highest BCUT2D eigenvalue weighted by molar-refractivity contribution is 7.10. The number of nitrogens with two attached hydrogens (primary N) is 1. The van der Waals surface area contributed by atoms with E-state index in [1.165, 1.54) is 16.0 Å². The maximum atomic E-state index is 5.79. The number of benzene rings is 2. The van der Waals surface area contributed by atoms with Crippen LogP contribution >= 0.6 is 11.3 Å². The Balaban J connectivity index is 1.81. The van der Waals surface area contributed by atoms with Gasteiger partial charge in [-0.1, -0.05) is 30.3 Å². The highest BCUT2D eigenvalue weighted by Gasteiger charge is 2.05. The van der Waals surface area contributed by atoms with Crippen LogP contribution in [0.15, 0.2) is 66.0 Å². The van der Waals surface area contributed by atoms with E-state index in [9.17, 15) is 0 Å². The number of hydrogen-bond acceptors (Lipinski definition) is 3. The molecule has 100 valence electrons. The molecule has 0 aliphatic rings. The van der Waals surface area contributed by atoms with Gasteiger partial charge in [0.05, 0.1) is 0 Å². The first-order chi connectivity index (χ1) is 9.86. The van der Waals surface area contributed by atoms with Crippen molar-refractivity contribution in [3.63, 3.8) is 0 Å². The fourth-order valence-electron chi connectivity index (χ4n) is 2.08. The topological polar surface area (TPSA) is 35.2 Å². The van der Waals surface area contributed by atoms with Crippen molar-refractivity contribution in [3.05, 3.63) is 70.9 Å². The van der Waals surface area contributed by atoms with Crippen molar-refractivity contribution >= 4 is 11.3 Å². The molecule has 3 heteroatoms. The largest absolute Gasteiger partial charge is 0.457 e. The van der Waals surface area contributed by atoms with Gasteiger partial charge in [0.2, 0.25) is 0 Å². The summed E-state index contributed by atoms with van der Waals surface area (Å²) in [5.41, 5.74) is 8.14. The van der Waals surface area contributed by atoms with Gasteiger partial charge in [-0.2, -0.15) is 0 Å². The van der Waals surface area contributed by atoms with Crippen LogP contribution in [-0.4, -0.2) is 0 Å². The minimum Gasteiger partial charge on any atom is -0.457 e. The van der Waals surface area contributed by atoms with E-state index in [1.807, 2.05) is 42.5 Å². The normalized spacial score (nSPS) is 10.4. The van der Waals surface area contributed by atoms with E-state index in [2.05, 4.69) is 23.6 Å². The molecule has 2 nitrogen and oxygen atoms in total.